The number of carbonyl (C=O) groups excluding carboxylic acids is 2. The Kier molecular flexibility index (Phi) is 2.87. The first-order chi connectivity index (χ1) is 12.1. The third-order valence-electron chi connectivity index (χ3n) is 6.11. The number of benzene rings is 1. The van der Waals surface area contributed by atoms with Crippen molar-refractivity contribution in [3.05, 3.63) is 44.8 Å². The molecule has 2 aliphatic heterocycles. The first-order valence-corrected chi connectivity index (χ1v) is 8.70. The SMILES string of the molecule is O=C1[C@H]2C3CCC(C3)N2C(=O)N1C1=c2ccccc2=C([N+](=O)[O-])CC1. The molecule has 25 heavy (non-hydrogen) atoms. The van der Waals surface area contributed by atoms with Gasteiger partial charge in [0.25, 0.3) is 11.6 Å². The highest BCUT2D eigenvalue weighted by atomic mass is 16.6. The first-order valence-electron chi connectivity index (χ1n) is 8.70. The minimum atomic E-state index is -0.359. The zero-order valence-electron chi connectivity index (χ0n) is 13.6. The lowest BCUT2D eigenvalue weighted by Crippen LogP contribution is -2.43. The topological polar surface area (TPSA) is 83.8 Å². The van der Waals surface area contributed by atoms with E-state index in [1.807, 2.05) is 0 Å². The van der Waals surface area contributed by atoms with Crippen LogP contribution >= 0.6 is 0 Å². The smallest absolute Gasteiger partial charge is 0.309 e. The van der Waals surface area contributed by atoms with Crippen molar-refractivity contribution < 1.29 is 14.5 Å². The highest BCUT2D eigenvalue weighted by Crippen LogP contribution is 2.47. The number of piperidine rings is 1. The molecule has 7 nitrogen and oxygen atoms in total. The number of hydrogen-bond acceptors (Lipinski definition) is 4. The molecule has 0 radical (unpaired) electrons. The molecule has 2 unspecified atom stereocenters. The van der Waals surface area contributed by atoms with Crippen LogP contribution in [0.3, 0.4) is 0 Å². The summed E-state index contributed by atoms with van der Waals surface area (Å²) in [5.41, 5.74) is 0.768. The predicted octanol–water partition coefficient (Wildman–Crippen LogP) is 0.789. The number of nitro groups is 1. The molecule has 0 aromatic heterocycles. The molecule has 0 spiro atoms. The summed E-state index contributed by atoms with van der Waals surface area (Å²) in [6.45, 7) is 0. The molecule has 1 saturated carbocycles. The van der Waals surface area contributed by atoms with E-state index in [2.05, 4.69) is 0 Å². The van der Waals surface area contributed by atoms with Crippen LogP contribution in [0.25, 0.3) is 11.4 Å². The summed E-state index contributed by atoms with van der Waals surface area (Å²) in [5.74, 6) is 0.123. The van der Waals surface area contributed by atoms with Crippen molar-refractivity contribution in [3.63, 3.8) is 0 Å². The van der Waals surface area contributed by atoms with Crippen LogP contribution in [0.1, 0.15) is 32.1 Å². The Hall–Kier alpha value is -2.70. The molecule has 1 aromatic carbocycles. The second kappa shape index (κ2) is 4.91. The molecule has 5 rings (SSSR count). The Bertz CT molecular complexity index is 925. The second-order valence-corrected chi connectivity index (χ2v) is 7.23. The van der Waals surface area contributed by atoms with E-state index in [9.17, 15) is 19.7 Å². The molecule has 2 bridgehead atoms. The summed E-state index contributed by atoms with van der Waals surface area (Å²) in [6.07, 6.45) is 3.47. The van der Waals surface area contributed by atoms with Crippen molar-refractivity contribution in [1.82, 2.24) is 9.80 Å². The molecule has 2 saturated heterocycles. The van der Waals surface area contributed by atoms with E-state index in [0.29, 0.717) is 22.6 Å². The van der Waals surface area contributed by atoms with Gasteiger partial charge >= 0.3 is 6.03 Å². The van der Waals surface area contributed by atoms with Crippen LogP contribution in [0.5, 0.6) is 0 Å². The summed E-state index contributed by atoms with van der Waals surface area (Å²) in [5, 5.41) is 12.5. The number of hydrogen-bond donors (Lipinski definition) is 0. The molecule has 3 fully saturated rings. The fourth-order valence-electron chi connectivity index (χ4n) is 5.09. The Labute approximate surface area is 143 Å². The van der Waals surface area contributed by atoms with Gasteiger partial charge in [-0.25, -0.2) is 9.69 Å². The minimum Gasteiger partial charge on any atom is -0.309 e. The number of amides is 3. The van der Waals surface area contributed by atoms with Gasteiger partial charge in [-0.3, -0.25) is 14.9 Å². The van der Waals surface area contributed by atoms with Gasteiger partial charge in [0.2, 0.25) is 0 Å². The van der Waals surface area contributed by atoms with E-state index < -0.39 is 0 Å². The molecule has 2 aliphatic carbocycles. The number of rotatable bonds is 2. The molecular formula is C18H17N3O4. The van der Waals surface area contributed by atoms with E-state index >= 15 is 0 Å². The van der Waals surface area contributed by atoms with Gasteiger partial charge in [0.05, 0.1) is 10.1 Å². The molecule has 2 heterocycles. The van der Waals surface area contributed by atoms with Crippen LogP contribution in [0.15, 0.2) is 24.3 Å². The summed E-state index contributed by atoms with van der Waals surface area (Å²) in [4.78, 5) is 40.0. The van der Waals surface area contributed by atoms with Gasteiger partial charge in [-0.05, 0) is 37.7 Å². The lowest BCUT2D eigenvalue weighted by molar-refractivity contribution is -0.382. The summed E-state index contributed by atoms with van der Waals surface area (Å²) >= 11 is 0. The second-order valence-electron chi connectivity index (χ2n) is 7.23. The summed E-state index contributed by atoms with van der Waals surface area (Å²) < 4.78 is 0. The van der Waals surface area contributed by atoms with Crippen LogP contribution < -0.4 is 10.4 Å². The molecule has 3 atom stereocenters. The van der Waals surface area contributed by atoms with Crippen LogP contribution in [0.4, 0.5) is 4.79 Å². The maximum absolute atomic E-state index is 13.0. The van der Waals surface area contributed by atoms with E-state index in [1.54, 1.807) is 29.2 Å². The summed E-state index contributed by atoms with van der Waals surface area (Å²) in [7, 11) is 0. The number of carbonyl (C=O) groups is 2. The van der Waals surface area contributed by atoms with E-state index in [0.717, 1.165) is 19.3 Å². The van der Waals surface area contributed by atoms with Crippen molar-refractivity contribution in [2.45, 2.75) is 44.2 Å². The fourth-order valence-corrected chi connectivity index (χ4v) is 5.09. The van der Waals surface area contributed by atoms with Gasteiger partial charge in [-0.1, -0.05) is 18.2 Å². The van der Waals surface area contributed by atoms with Gasteiger partial charge in [0.1, 0.15) is 6.04 Å². The van der Waals surface area contributed by atoms with Gasteiger partial charge in [-0.2, -0.15) is 0 Å². The number of imide groups is 1. The Morgan fingerprint density at radius 1 is 1.08 bits per heavy atom. The average Bonchev–Trinajstić information content (AvgIpc) is 3.28. The average molecular weight is 339 g/mol. The van der Waals surface area contributed by atoms with Gasteiger partial charge in [0.15, 0.2) is 0 Å². The Morgan fingerprint density at radius 3 is 2.56 bits per heavy atom. The normalized spacial score (nSPS) is 30.2. The predicted molar refractivity (Wildman–Crippen MR) is 87.7 cm³/mol. The minimum absolute atomic E-state index is 0.147. The maximum Gasteiger partial charge on any atom is 0.332 e. The molecule has 7 heteroatoms. The molecule has 4 aliphatic rings. The van der Waals surface area contributed by atoms with Gasteiger partial charge < -0.3 is 4.90 Å². The fraction of sp³-hybridized carbons (Fsp3) is 0.444. The highest BCUT2D eigenvalue weighted by Gasteiger charge is 2.59. The van der Waals surface area contributed by atoms with E-state index in [1.165, 1.54) is 4.90 Å². The van der Waals surface area contributed by atoms with Crippen LogP contribution in [0.2, 0.25) is 0 Å². The van der Waals surface area contributed by atoms with Crippen LogP contribution in [-0.2, 0) is 4.79 Å². The number of urea groups is 1. The highest BCUT2D eigenvalue weighted by molar-refractivity contribution is 6.10. The monoisotopic (exact) mass is 339 g/mol. The lowest BCUT2D eigenvalue weighted by Gasteiger charge is -2.26. The van der Waals surface area contributed by atoms with Crippen molar-refractivity contribution in [2.75, 3.05) is 0 Å². The Morgan fingerprint density at radius 2 is 1.84 bits per heavy atom. The van der Waals surface area contributed by atoms with Crippen molar-refractivity contribution in [3.8, 4) is 0 Å². The standard InChI is InChI=1S/C18H17N3O4/c22-17-16-10-5-6-11(9-10)19(16)18(23)20(17)14-7-8-15(21(24)25)13-4-2-1-3-12(13)14/h1-4,10-11,16H,5-9H2/t10?,11?,16-/m1/s1. The number of nitrogens with zero attached hydrogens (tertiary/aromatic N) is 3. The van der Waals surface area contributed by atoms with Crippen molar-refractivity contribution >= 4 is 23.3 Å². The first kappa shape index (κ1) is 14.6. The van der Waals surface area contributed by atoms with Crippen LogP contribution in [-0.4, -0.2) is 38.7 Å². The van der Waals surface area contributed by atoms with Crippen LogP contribution in [0, 0.1) is 16.0 Å². The zero-order chi connectivity index (χ0) is 17.3. The van der Waals surface area contributed by atoms with Gasteiger partial charge in [-0.15, -0.1) is 0 Å². The third kappa shape index (κ3) is 1.80. The molecule has 0 N–H and O–H groups in total. The van der Waals surface area contributed by atoms with Gasteiger partial charge in [0, 0.05) is 23.4 Å². The number of fused-ring (bicyclic) bond motifs is 6. The quantitative estimate of drug-likeness (QED) is 0.453. The molecule has 1 aromatic rings. The summed E-state index contributed by atoms with van der Waals surface area (Å²) in [6, 6.07) is 6.61. The van der Waals surface area contributed by atoms with Crippen molar-refractivity contribution in [1.29, 1.82) is 0 Å². The Balaban J connectivity index is 1.70. The molecular weight excluding hydrogens is 322 g/mol. The van der Waals surface area contributed by atoms with Crippen molar-refractivity contribution in [2.24, 2.45) is 5.92 Å². The largest absolute Gasteiger partial charge is 0.332 e. The zero-order valence-corrected chi connectivity index (χ0v) is 13.6. The maximum atomic E-state index is 13.0. The lowest BCUT2D eigenvalue weighted by atomic mass is 9.98. The third-order valence-corrected chi connectivity index (χ3v) is 6.11. The van der Waals surface area contributed by atoms with E-state index in [-0.39, 0.29) is 47.0 Å². The molecule has 128 valence electrons. The van der Waals surface area contributed by atoms with E-state index in [4.69, 9.17) is 0 Å². The molecule has 3 amide bonds.